The molecule has 4 nitrogen and oxygen atoms in total. The number of sulfone groups is 1. The summed E-state index contributed by atoms with van der Waals surface area (Å²) in [5, 5.41) is 4.67. The van der Waals surface area contributed by atoms with E-state index >= 15 is 0 Å². The molecule has 5 heteroatoms. The molecule has 0 unspecified atom stereocenters. The van der Waals surface area contributed by atoms with Crippen molar-refractivity contribution in [2.45, 2.75) is 38.6 Å². The van der Waals surface area contributed by atoms with E-state index in [9.17, 15) is 8.42 Å². The second-order valence-corrected chi connectivity index (χ2v) is 8.63. The van der Waals surface area contributed by atoms with Crippen LogP contribution in [0.25, 0.3) is 10.9 Å². The van der Waals surface area contributed by atoms with Crippen LogP contribution in [0.5, 0.6) is 0 Å². The summed E-state index contributed by atoms with van der Waals surface area (Å²) in [6.45, 7) is 6.64. The molecule has 0 spiro atoms. The molecule has 2 aromatic carbocycles. The second kappa shape index (κ2) is 7.08. The quantitative estimate of drug-likeness (QED) is 0.724. The SMILES string of the molecule is CCc1c(C)nc2ccccc2c1NCc1ccc(S(C)(=O)=O)c(C)c1. The highest BCUT2D eigenvalue weighted by Gasteiger charge is 2.13. The molecule has 0 fully saturated rings. The molecule has 0 aliphatic rings. The molecule has 0 saturated carbocycles. The van der Waals surface area contributed by atoms with Crippen LogP contribution < -0.4 is 5.32 Å². The van der Waals surface area contributed by atoms with Crippen LogP contribution in [0.3, 0.4) is 0 Å². The van der Waals surface area contributed by atoms with Crippen LogP contribution in [-0.2, 0) is 22.8 Å². The summed E-state index contributed by atoms with van der Waals surface area (Å²) in [4.78, 5) is 5.10. The normalized spacial score (nSPS) is 11.7. The molecule has 0 aliphatic carbocycles. The van der Waals surface area contributed by atoms with Gasteiger partial charge >= 0.3 is 0 Å². The maximum absolute atomic E-state index is 11.8. The van der Waals surface area contributed by atoms with Gasteiger partial charge in [0.15, 0.2) is 9.84 Å². The van der Waals surface area contributed by atoms with Crippen LogP contribution in [0.4, 0.5) is 5.69 Å². The lowest BCUT2D eigenvalue weighted by atomic mass is 10.0. The first kappa shape index (κ1) is 18.4. The minimum absolute atomic E-state index is 0.390. The molecule has 0 saturated heterocycles. The lowest BCUT2D eigenvalue weighted by Crippen LogP contribution is -2.07. The van der Waals surface area contributed by atoms with Crippen molar-refractivity contribution in [3.8, 4) is 0 Å². The fourth-order valence-corrected chi connectivity index (χ4v) is 4.40. The van der Waals surface area contributed by atoms with Crippen LogP contribution in [-0.4, -0.2) is 19.7 Å². The number of hydrogen-bond acceptors (Lipinski definition) is 4. The summed E-state index contributed by atoms with van der Waals surface area (Å²) in [7, 11) is -3.19. The molecule has 1 heterocycles. The third kappa shape index (κ3) is 3.58. The predicted octanol–water partition coefficient (Wildman–Crippen LogP) is 4.43. The number of aromatic nitrogens is 1. The lowest BCUT2D eigenvalue weighted by molar-refractivity contribution is 0.601. The molecule has 0 radical (unpaired) electrons. The Morgan fingerprint density at radius 3 is 2.46 bits per heavy atom. The highest BCUT2D eigenvalue weighted by atomic mass is 32.2. The lowest BCUT2D eigenvalue weighted by Gasteiger charge is -2.17. The molecule has 0 aliphatic heterocycles. The monoisotopic (exact) mass is 368 g/mol. The van der Waals surface area contributed by atoms with Crippen LogP contribution in [0.15, 0.2) is 47.4 Å². The average molecular weight is 369 g/mol. The van der Waals surface area contributed by atoms with E-state index in [4.69, 9.17) is 4.98 Å². The van der Waals surface area contributed by atoms with Gasteiger partial charge in [0.25, 0.3) is 0 Å². The van der Waals surface area contributed by atoms with Crippen molar-refractivity contribution >= 4 is 26.4 Å². The van der Waals surface area contributed by atoms with Crippen molar-refractivity contribution in [2.75, 3.05) is 11.6 Å². The Bertz CT molecular complexity index is 1070. The minimum Gasteiger partial charge on any atom is -0.380 e. The van der Waals surface area contributed by atoms with E-state index in [-0.39, 0.29) is 0 Å². The largest absolute Gasteiger partial charge is 0.380 e. The molecule has 0 atom stereocenters. The summed E-state index contributed by atoms with van der Waals surface area (Å²) in [5.74, 6) is 0. The molecule has 136 valence electrons. The van der Waals surface area contributed by atoms with E-state index in [1.54, 1.807) is 6.07 Å². The van der Waals surface area contributed by atoms with Crippen molar-refractivity contribution in [2.24, 2.45) is 0 Å². The van der Waals surface area contributed by atoms with Gasteiger partial charge in [-0.2, -0.15) is 0 Å². The number of pyridine rings is 1. The number of fused-ring (bicyclic) bond motifs is 1. The van der Waals surface area contributed by atoms with Crippen LogP contribution in [0.1, 0.15) is 29.3 Å². The van der Waals surface area contributed by atoms with Gasteiger partial charge in [-0.3, -0.25) is 4.98 Å². The third-order valence-electron chi connectivity index (χ3n) is 4.66. The molecule has 26 heavy (non-hydrogen) atoms. The molecule has 0 bridgehead atoms. The maximum atomic E-state index is 11.8. The van der Waals surface area contributed by atoms with E-state index in [0.717, 1.165) is 39.8 Å². The predicted molar refractivity (Wildman–Crippen MR) is 107 cm³/mol. The Kier molecular flexibility index (Phi) is 5.01. The molecule has 0 amide bonds. The van der Waals surface area contributed by atoms with Gasteiger partial charge in [-0.05, 0) is 49.1 Å². The van der Waals surface area contributed by atoms with Gasteiger partial charge in [-0.15, -0.1) is 0 Å². The van der Waals surface area contributed by atoms with Gasteiger partial charge in [-0.25, -0.2) is 8.42 Å². The first-order valence-corrected chi connectivity index (χ1v) is 10.6. The topological polar surface area (TPSA) is 59.1 Å². The fourth-order valence-electron chi connectivity index (χ4n) is 3.44. The van der Waals surface area contributed by atoms with Gasteiger partial charge in [0.2, 0.25) is 0 Å². The number of aryl methyl sites for hydroxylation is 2. The Morgan fingerprint density at radius 1 is 1.08 bits per heavy atom. The summed E-state index contributed by atoms with van der Waals surface area (Å²) in [5.41, 5.74) is 6.17. The number of nitrogens with zero attached hydrogens (tertiary/aromatic N) is 1. The first-order valence-electron chi connectivity index (χ1n) is 8.73. The minimum atomic E-state index is -3.19. The van der Waals surface area contributed by atoms with Crippen molar-refractivity contribution in [3.63, 3.8) is 0 Å². The zero-order chi connectivity index (χ0) is 18.9. The molecule has 1 aromatic heterocycles. The number of nitrogens with one attached hydrogen (secondary N) is 1. The van der Waals surface area contributed by atoms with E-state index in [0.29, 0.717) is 11.4 Å². The van der Waals surface area contributed by atoms with Crippen molar-refractivity contribution in [1.29, 1.82) is 0 Å². The standard InChI is InChI=1S/C21H24N2O2S/c1-5-17-15(3)23-19-9-7-6-8-18(19)21(17)22-13-16-10-11-20(14(2)12-16)26(4,24)25/h6-12H,5,13H2,1-4H3,(H,22,23). The number of anilines is 1. The fraction of sp³-hybridized carbons (Fsp3) is 0.286. The molecular weight excluding hydrogens is 344 g/mol. The molecule has 1 N–H and O–H groups in total. The summed E-state index contributed by atoms with van der Waals surface area (Å²) >= 11 is 0. The highest BCUT2D eigenvalue weighted by Crippen LogP contribution is 2.29. The molecular formula is C21H24N2O2S. The number of rotatable bonds is 5. The maximum Gasteiger partial charge on any atom is 0.175 e. The number of para-hydroxylation sites is 1. The van der Waals surface area contributed by atoms with Gasteiger partial charge in [0.1, 0.15) is 0 Å². The third-order valence-corrected chi connectivity index (χ3v) is 5.92. The zero-order valence-corrected chi connectivity index (χ0v) is 16.4. The van der Waals surface area contributed by atoms with E-state index in [1.807, 2.05) is 44.2 Å². The Hall–Kier alpha value is -2.40. The number of benzene rings is 2. The first-order chi connectivity index (χ1) is 12.3. The molecule has 3 aromatic rings. The van der Waals surface area contributed by atoms with Crippen molar-refractivity contribution in [1.82, 2.24) is 4.98 Å². The van der Waals surface area contributed by atoms with Gasteiger partial charge in [0, 0.05) is 29.6 Å². The average Bonchev–Trinajstić information content (AvgIpc) is 2.58. The Labute approximate surface area is 155 Å². The Balaban J connectivity index is 1.96. The van der Waals surface area contributed by atoms with Crippen molar-refractivity contribution in [3.05, 3.63) is 64.8 Å². The van der Waals surface area contributed by atoms with E-state index < -0.39 is 9.84 Å². The van der Waals surface area contributed by atoms with Crippen LogP contribution in [0.2, 0.25) is 0 Å². The highest BCUT2D eigenvalue weighted by molar-refractivity contribution is 7.90. The van der Waals surface area contributed by atoms with E-state index in [2.05, 4.69) is 18.3 Å². The van der Waals surface area contributed by atoms with Gasteiger partial charge < -0.3 is 5.32 Å². The van der Waals surface area contributed by atoms with E-state index in [1.165, 1.54) is 11.8 Å². The summed E-state index contributed by atoms with van der Waals surface area (Å²) in [6.07, 6.45) is 2.14. The van der Waals surface area contributed by atoms with Crippen LogP contribution in [0, 0.1) is 13.8 Å². The van der Waals surface area contributed by atoms with Crippen molar-refractivity contribution < 1.29 is 8.42 Å². The number of hydrogen-bond donors (Lipinski definition) is 1. The summed E-state index contributed by atoms with van der Waals surface area (Å²) in [6, 6.07) is 13.6. The molecule has 3 rings (SSSR count). The van der Waals surface area contributed by atoms with Gasteiger partial charge in [-0.1, -0.05) is 37.3 Å². The van der Waals surface area contributed by atoms with Crippen LogP contribution >= 0.6 is 0 Å². The smallest absolute Gasteiger partial charge is 0.175 e. The van der Waals surface area contributed by atoms with Gasteiger partial charge in [0.05, 0.1) is 10.4 Å². The summed E-state index contributed by atoms with van der Waals surface area (Å²) < 4.78 is 23.6. The Morgan fingerprint density at radius 2 is 1.81 bits per heavy atom. The second-order valence-electron chi connectivity index (χ2n) is 6.65. The zero-order valence-electron chi connectivity index (χ0n) is 15.6.